The largest absolute Gasteiger partial charge is 0.493 e. The van der Waals surface area contributed by atoms with Gasteiger partial charge in [0.25, 0.3) is 5.91 Å². The zero-order valence-electron chi connectivity index (χ0n) is 13.4. The third-order valence-corrected chi connectivity index (χ3v) is 4.50. The van der Waals surface area contributed by atoms with E-state index in [9.17, 15) is 9.59 Å². The molecule has 2 aromatic rings. The number of carbonyl (C=O) groups excluding carboxylic acids is 2. The third-order valence-electron chi connectivity index (χ3n) is 4.50. The molecule has 0 aliphatic carbocycles. The summed E-state index contributed by atoms with van der Waals surface area (Å²) in [7, 11) is 0. The highest BCUT2D eigenvalue weighted by Crippen LogP contribution is 2.33. The van der Waals surface area contributed by atoms with Crippen LogP contribution in [0.25, 0.3) is 0 Å². The van der Waals surface area contributed by atoms with E-state index in [0.29, 0.717) is 18.6 Å². The molecule has 0 saturated carbocycles. The molecule has 2 aliphatic rings. The van der Waals surface area contributed by atoms with Gasteiger partial charge in [-0.1, -0.05) is 17.7 Å². The van der Waals surface area contributed by atoms with Crippen molar-refractivity contribution in [1.29, 1.82) is 0 Å². The number of benzene rings is 2. The first kappa shape index (κ1) is 14.8. The number of nitrogens with one attached hydrogen (secondary N) is 2. The van der Waals surface area contributed by atoms with Crippen LogP contribution in [0.1, 0.15) is 39.5 Å². The van der Waals surface area contributed by atoms with Crippen molar-refractivity contribution in [2.75, 3.05) is 11.9 Å². The maximum atomic E-state index is 12.6. The van der Waals surface area contributed by atoms with Gasteiger partial charge in [0, 0.05) is 23.2 Å². The van der Waals surface area contributed by atoms with E-state index in [1.807, 2.05) is 19.1 Å². The minimum absolute atomic E-state index is 0.0311. The zero-order chi connectivity index (χ0) is 16.7. The Kier molecular flexibility index (Phi) is 3.49. The molecule has 2 aromatic carbocycles. The van der Waals surface area contributed by atoms with Crippen molar-refractivity contribution in [1.82, 2.24) is 5.32 Å². The van der Waals surface area contributed by atoms with Gasteiger partial charge in [0.1, 0.15) is 5.75 Å². The molecule has 2 heterocycles. The van der Waals surface area contributed by atoms with Crippen molar-refractivity contribution in [2.45, 2.75) is 25.8 Å². The van der Waals surface area contributed by atoms with Crippen molar-refractivity contribution in [3.63, 3.8) is 0 Å². The van der Waals surface area contributed by atoms with Gasteiger partial charge in [0.05, 0.1) is 19.1 Å². The number of amides is 2. The molecule has 0 aromatic heterocycles. The predicted octanol–water partition coefficient (Wildman–Crippen LogP) is 2.74. The van der Waals surface area contributed by atoms with E-state index in [2.05, 4.69) is 16.7 Å². The normalized spacial score (nSPS) is 18.2. The van der Waals surface area contributed by atoms with E-state index in [1.165, 1.54) is 0 Å². The highest BCUT2D eigenvalue weighted by Gasteiger charge is 2.25. The van der Waals surface area contributed by atoms with Crippen LogP contribution in [0, 0.1) is 6.92 Å². The van der Waals surface area contributed by atoms with Crippen LogP contribution in [-0.2, 0) is 11.2 Å². The van der Waals surface area contributed by atoms with Crippen molar-refractivity contribution < 1.29 is 14.3 Å². The van der Waals surface area contributed by atoms with Crippen LogP contribution in [0.4, 0.5) is 5.69 Å². The number of hydrogen-bond acceptors (Lipinski definition) is 3. The summed E-state index contributed by atoms with van der Waals surface area (Å²) in [6.45, 7) is 2.61. The van der Waals surface area contributed by atoms with Crippen molar-refractivity contribution in [3.8, 4) is 5.75 Å². The van der Waals surface area contributed by atoms with Gasteiger partial charge < -0.3 is 15.4 Å². The van der Waals surface area contributed by atoms with Crippen LogP contribution in [0.15, 0.2) is 36.4 Å². The van der Waals surface area contributed by atoms with Crippen LogP contribution in [0.3, 0.4) is 0 Å². The van der Waals surface area contributed by atoms with Gasteiger partial charge in [-0.25, -0.2) is 0 Å². The number of fused-ring (bicyclic) bond motifs is 2. The highest BCUT2D eigenvalue weighted by atomic mass is 16.5. The van der Waals surface area contributed by atoms with E-state index in [-0.39, 0.29) is 17.9 Å². The summed E-state index contributed by atoms with van der Waals surface area (Å²) in [6, 6.07) is 11.3. The average Bonchev–Trinajstić information content (AvgIpc) is 2.94. The maximum Gasteiger partial charge on any atom is 0.251 e. The molecule has 5 heteroatoms. The fraction of sp³-hybridized carbons (Fsp3) is 0.263. The Balaban J connectivity index is 1.57. The SMILES string of the molecule is Cc1ccc2c(c1)C(NC(=O)c1ccc3c(c1)CC(=O)N3)CCO2. The van der Waals surface area contributed by atoms with E-state index in [0.717, 1.165) is 34.5 Å². The number of hydrogen-bond donors (Lipinski definition) is 2. The summed E-state index contributed by atoms with van der Waals surface area (Å²) in [6.07, 6.45) is 1.07. The first-order valence-corrected chi connectivity index (χ1v) is 8.07. The molecular weight excluding hydrogens is 304 g/mol. The van der Waals surface area contributed by atoms with Gasteiger partial charge in [0.15, 0.2) is 0 Å². The fourth-order valence-electron chi connectivity index (χ4n) is 3.28. The molecule has 2 N–H and O–H groups in total. The van der Waals surface area contributed by atoms with Gasteiger partial charge in [-0.2, -0.15) is 0 Å². The molecule has 0 bridgehead atoms. The minimum atomic E-state index is -0.128. The molecule has 2 aliphatic heterocycles. The molecule has 0 saturated heterocycles. The average molecular weight is 322 g/mol. The second-order valence-corrected chi connectivity index (χ2v) is 6.30. The lowest BCUT2D eigenvalue weighted by atomic mass is 9.98. The molecule has 5 nitrogen and oxygen atoms in total. The molecule has 4 rings (SSSR count). The second-order valence-electron chi connectivity index (χ2n) is 6.30. The van der Waals surface area contributed by atoms with Crippen LogP contribution in [0.2, 0.25) is 0 Å². The summed E-state index contributed by atoms with van der Waals surface area (Å²) in [5.41, 5.74) is 4.40. The Hall–Kier alpha value is -2.82. The van der Waals surface area contributed by atoms with Crippen LogP contribution < -0.4 is 15.4 Å². The Morgan fingerprint density at radius 1 is 1.25 bits per heavy atom. The van der Waals surface area contributed by atoms with Gasteiger partial charge in [-0.3, -0.25) is 9.59 Å². The topological polar surface area (TPSA) is 67.4 Å². The molecule has 1 atom stereocenters. The molecule has 122 valence electrons. The Morgan fingerprint density at radius 2 is 2.12 bits per heavy atom. The first-order chi connectivity index (χ1) is 11.6. The molecule has 0 fully saturated rings. The van der Waals surface area contributed by atoms with Gasteiger partial charge in [-0.15, -0.1) is 0 Å². The fourth-order valence-corrected chi connectivity index (χ4v) is 3.28. The number of anilines is 1. The Bertz CT molecular complexity index is 845. The highest BCUT2D eigenvalue weighted by molar-refractivity contribution is 6.01. The quantitative estimate of drug-likeness (QED) is 0.893. The van der Waals surface area contributed by atoms with Crippen LogP contribution in [-0.4, -0.2) is 18.4 Å². The van der Waals surface area contributed by atoms with Gasteiger partial charge in [-0.05, 0) is 36.8 Å². The summed E-state index contributed by atoms with van der Waals surface area (Å²) >= 11 is 0. The number of rotatable bonds is 2. The van der Waals surface area contributed by atoms with E-state index in [1.54, 1.807) is 18.2 Å². The van der Waals surface area contributed by atoms with Crippen LogP contribution in [0.5, 0.6) is 5.75 Å². The zero-order valence-corrected chi connectivity index (χ0v) is 13.4. The summed E-state index contributed by atoms with van der Waals surface area (Å²) in [5.74, 6) is 0.675. The lowest BCUT2D eigenvalue weighted by molar-refractivity contribution is -0.115. The number of carbonyl (C=O) groups is 2. The van der Waals surface area contributed by atoms with Crippen molar-refractivity contribution in [2.24, 2.45) is 0 Å². The lowest BCUT2D eigenvalue weighted by Crippen LogP contribution is -2.32. The van der Waals surface area contributed by atoms with Gasteiger partial charge in [0.2, 0.25) is 5.91 Å². The first-order valence-electron chi connectivity index (χ1n) is 8.07. The molecule has 1 unspecified atom stereocenters. The van der Waals surface area contributed by atoms with E-state index in [4.69, 9.17) is 4.74 Å². The van der Waals surface area contributed by atoms with E-state index >= 15 is 0 Å². The minimum Gasteiger partial charge on any atom is -0.493 e. The number of aryl methyl sites for hydroxylation is 1. The van der Waals surface area contributed by atoms with Crippen molar-refractivity contribution in [3.05, 3.63) is 58.7 Å². The molecule has 0 spiro atoms. The van der Waals surface area contributed by atoms with Crippen molar-refractivity contribution >= 4 is 17.5 Å². The summed E-state index contributed by atoms with van der Waals surface area (Å²) < 4.78 is 5.67. The molecule has 2 amide bonds. The van der Waals surface area contributed by atoms with Crippen LogP contribution >= 0.6 is 0 Å². The lowest BCUT2D eigenvalue weighted by Gasteiger charge is -2.27. The molecular formula is C19H18N2O3. The van der Waals surface area contributed by atoms with E-state index < -0.39 is 0 Å². The summed E-state index contributed by atoms with van der Waals surface area (Å²) in [4.78, 5) is 24.1. The number of ether oxygens (including phenoxy) is 1. The molecule has 24 heavy (non-hydrogen) atoms. The predicted molar refractivity (Wildman–Crippen MR) is 90.3 cm³/mol. The maximum absolute atomic E-state index is 12.6. The molecule has 0 radical (unpaired) electrons. The second kappa shape index (κ2) is 5.67. The standard InChI is InChI=1S/C19H18N2O3/c1-11-2-5-17-14(8-11)16(6-7-24-17)21-19(23)12-3-4-15-13(9-12)10-18(22)20-15/h2-5,8-9,16H,6-7,10H2,1H3,(H,20,22)(H,21,23). The Morgan fingerprint density at radius 3 is 3.00 bits per heavy atom. The third kappa shape index (κ3) is 2.62. The van der Waals surface area contributed by atoms with Gasteiger partial charge >= 0.3 is 0 Å². The smallest absolute Gasteiger partial charge is 0.251 e. The summed E-state index contributed by atoms with van der Waals surface area (Å²) in [5, 5.41) is 5.87. The monoisotopic (exact) mass is 322 g/mol. The Labute approximate surface area is 140 Å².